The summed E-state index contributed by atoms with van der Waals surface area (Å²) in [6.45, 7) is 7.13. The van der Waals surface area contributed by atoms with Gasteiger partial charge in [0, 0.05) is 13.2 Å². The van der Waals surface area contributed by atoms with Gasteiger partial charge in [-0.2, -0.15) is 0 Å². The van der Waals surface area contributed by atoms with E-state index in [0.29, 0.717) is 6.54 Å². The van der Waals surface area contributed by atoms with Gasteiger partial charge in [0.2, 0.25) is 0 Å². The second-order valence-corrected chi connectivity index (χ2v) is 5.41. The molecule has 0 saturated carbocycles. The zero-order chi connectivity index (χ0) is 14.5. The topological polar surface area (TPSA) is 47.6 Å². The number of ether oxygens (including phenoxy) is 2. The molecule has 0 spiro atoms. The Balaban J connectivity index is 1.85. The van der Waals surface area contributed by atoms with E-state index in [0.717, 1.165) is 36.3 Å². The summed E-state index contributed by atoms with van der Waals surface area (Å²) >= 11 is 0. The summed E-state index contributed by atoms with van der Waals surface area (Å²) in [5.74, 6) is 0.672. The summed E-state index contributed by atoms with van der Waals surface area (Å²) in [6.07, 6.45) is 1.76. The molecule has 4 nitrogen and oxygen atoms in total. The quantitative estimate of drug-likeness (QED) is 0.899. The van der Waals surface area contributed by atoms with Crippen LogP contribution in [-0.2, 0) is 9.53 Å². The molecule has 0 radical (unpaired) electrons. The van der Waals surface area contributed by atoms with E-state index in [1.54, 1.807) is 6.92 Å². The van der Waals surface area contributed by atoms with Crippen molar-refractivity contribution in [1.29, 1.82) is 0 Å². The molecule has 1 aliphatic rings. The number of carbonyl (C=O) groups excluding carboxylic acids is 1. The van der Waals surface area contributed by atoms with Crippen LogP contribution in [0, 0.1) is 13.8 Å². The Morgan fingerprint density at radius 2 is 2.30 bits per heavy atom. The fraction of sp³-hybridized carbons (Fsp3) is 0.562. The van der Waals surface area contributed by atoms with E-state index in [1.807, 2.05) is 32.0 Å². The minimum absolute atomic E-state index is 0.0959. The maximum Gasteiger partial charge on any atom is 0.260 e. The lowest BCUT2D eigenvalue weighted by Crippen LogP contribution is -2.40. The molecule has 1 N–H and O–H groups in total. The molecule has 1 aliphatic heterocycles. The van der Waals surface area contributed by atoms with Crippen LogP contribution >= 0.6 is 0 Å². The van der Waals surface area contributed by atoms with Crippen LogP contribution in [0.3, 0.4) is 0 Å². The van der Waals surface area contributed by atoms with Crippen molar-refractivity contribution in [3.05, 3.63) is 29.3 Å². The summed E-state index contributed by atoms with van der Waals surface area (Å²) in [6, 6.07) is 5.99. The van der Waals surface area contributed by atoms with Gasteiger partial charge in [0.25, 0.3) is 5.91 Å². The van der Waals surface area contributed by atoms with Gasteiger partial charge in [0.1, 0.15) is 5.75 Å². The van der Waals surface area contributed by atoms with Crippen molar-refractivity contribution in [3.8, 4) is 5.75 Å². The summed E-state index contributed by atoms with van der Waals surface area (Å²) in [5.41, 5.74) is 2.16. The Hall–Kier alpha value is -1.55. The number of hydrogen-bond acceptors (Lipinski definition) is 3. The minimum Gasteiger partial charge on any atom is -0.481 e. The molecule has 20 heavy (non-hydrogen) atoms. The lowest BCUT2D eigenvalue weighted by atomic mass is 10.1. The van der Waals surface area contributed by atoms with Crippen LogP contribution in [-0.4, -0.2) is 31.3 Å². The molecule has 0 aliphatic carbocycles. The molecule has 4 heteroatoms. The number of hydrogen-bond donors (Lipinski definition) is 1. The van der Waals surface area contributed by atoms with E-state index < -0.39 is 6.10 Å². The average Bonchev–Trinajstić information content (AvgIpc) is 2.93. The SMILES string of the molecule is Cc1ccc(C)c(O[C@@H](C)C(=O)NC[C@@H]2CCCO2)c1. The Morgan fingerprint density at radius 1 is 1.50 bits per heavy atom. The predicted octanol–water partition coefficient (Wildman–Crippen LogP) is 2.37. The van der Waals surface area contributed by atoms with Crippen molar-refractivity contribution in [2.45, 2.75) is 45.8 Å². The predicted molar refractivity (Wildman–Crippen MR) is 78.0 cm³/mol. The first kappa shape index (κ1) is 14.9. The molecule has 1 amide bonds. The van der Waals surface area contributed by atoms with Gasteiger partial charge in [-0.3, -0.25) is 4.79 Å². The van der Waals surface area contributed by atoms with Gasteiger partial charge in [-0.1, -0.05) is 12.1 Å². The van der Waals surface area contributed by atoms with Crippen LogP contribution in [0.5, 0.6) is 5.75 Å². The number of benzene rings is 1. The van der Waals surface area contributed by atoms with E-state index in [1.165, 1.54) is 0 Å². The first-order valence-corrected chi connectivity index (χ1v) is 7.19. The van der Waals surface area contributed by atoms with Gasteiger partial charge in [0.05, 0.1) is 6.10 Å². The van der Waals surface area contributed by atoms with Crippen molar-refractivity contribution in [2.24, 2.45) is 0 Å². The molecule has 2 rings (SSSR count). The molecule has 1 aromatic carbocycles. The molecule has 110 valence electrons. The Labute approximate surface area is 120 Å². The minimum atomic E-state index is -0.503. The highest BCUT2D eigenvalue weighted by atomic mass is 16.5. The van der Waals surface area contributed by atoms with E-state index in [-0.39, 0.29) is 12.0 Å². The van der Waals surface area contributed by atoms with E-state index in [2.05, 4.69) is 5.32 Å². The Bertz CT molecular complexity index is 467. The second-order valence-electron chi connectivity index (χ2n) is 5.41. The number of amides is 1. The Kier molecular flexibility index (Phi) is 5.01. The average molecular weight is 277 g/mol. The van der Waals surface area contributed by atoms with Crippen LogP contribution in [0.4, 0.5) is 0 Å². The van der Waals surface area contributed by atoms with Crippen LogP contribution < -0.4 is 10.1 Å². The Morgan fingerprint density at radius 3 is 3.00 bits per heavy atom. The molecular formula is C16H23NO3. The van der Waals surface area contributed by atoms with Crippen molar-refractivity contribution in [3.63, 3.8) is 0 Å². The fourth-order valence-electron chi connectivity index (χ4n) is 2.24. The smallest absolute Gasteiger partial charge is 0.260 e. The molecule has 1 aromatic rings. The van der Waals surface area contributed by atoms with Crippen LogP contribution in [0.2, 0.25) is 0 Å². The molecule has 0 bridgehead atoms. The standard InChI is InChI=1S/C16H23NO3/c1-11-6-7-12(2)15(9-11)20-13(3)16(18)17-10-14-5-4-8-19-14/h6-7,9,13-14H,4-5,8,10H2,1-3H3,(H,17,18)/t13-,14-/m0/s1. The second kappa shape index (κ2) is 6.75. The normalized spacial score (nSPS) is 19.6. The summed E-state index contributed by atoms with van der Waals surface area (Å²) in [7, 11) is 0. The third kappa shape index (κ3) is 3.97. The zero-order valence-electron chi connectivity index (χ0n) is 12.4. The third-order valence-electron chi connectivity index (χ3n) is 3.54. The first-order chi connectivity index (χ1) is 9.56. The highest BCUT2D eigenvalue weighted by Gasteiger charge is 2.20. The molecule has 1 saturated heterocycles. The lowest BCUT2D eigenvalue weighted by molar-refractivity contribution is -0.127. The van der Waals surface area contributed by atoms with E-state index in [9.17, 15) is 4.79 Å². The van der Waals surface area contributed by atoms with Crippen molar-refractivity contribution < 1.29 is 14.3 Å². The van der Waals surface area contributed by atoms with Gasteiger partial charge >= 0.3 is 0 Å². The van der Waals surface area contributed by atoms with Gasteiger partial charge in [-0.25, -0.2) is 0 Å². The van der Waals surface area contributed by atoms with Crippen molar-refractivity contribution >= 4 is 5.91 Å². The number of rotatable bonds is 5. The molecule has 1 heterocycles. The van der Waals surface area contributed by atoms with Crippen LogP contribution in [0.1, 0.15) is 30.9 Å². The molecule has 0 aromatic heterocycles. The number of carbonyl (C=O) groups is 1. The third-order valence-corrected chi connectivity index (χ3v) is 3.54. The highest BCUT2D eigenvalue weighted by Crippen LogP contribution is 2.20. The van der Waals surface area contributed by atoms with Crippen LogP contribution in [0.15, 0.2) is 18.2 Å². The maximum atomic E-state index is 12.0. The fourth-order valence-corrected chi connectivity index (χ4v) is 2.24. The summed E-state index contributed by atoms with van der Waals surface area (Å²) in [5, 5.41) is 2.89. The zero-order valence-corrected chi connectivity index (χ0v) is 12.4. The molecule has 0 unspecified atom stereocenters. The number of aryl methyl sites for hydroxylation is 2. The first-order valence-electron chi connectivity index (χ1n) is 7.19. The molecular weight excluding hydrogens is 254 g/mol. The van der Waals surface area contributed by atoms with Crippen molar-refractivity contribution in [2.75, 3.05) is 13.2 Å². The van der Waals surface area contributed by atoms with E-state index >= 15 is 0 Å². The van der Waals surface area contributed by atoms with Gasteiger partial charge < -0.3 is 14.8 Å². The lowest BCUT2D eigenvalue weighted by Gasteiger charge is -2.18. The van der Waals surface area contributed by atoms with Gasteiger partial charge in [0.15, 0.2) is 6.10 Å². The maximum absolute atomic E-state index is 12.0. The largest absolute Gasteiger partial charge is 0.481 e. The summed E-state index contributed by atoms with van der Waals surface area (Å²) < 4.78 is 11.2. The van der Waals surface area contributed by atoms with Gasteiger partial charge in [-0.05, 0) is 50.8 Å². The van der Waals surface area contributed by atoms with E-state index in [4.69, 9.17) is 9.47 Å². The highest BCUT2D eigenvalue weighted by molar-refractivity contribution is 5.80. The van der Waals surface area contributed by atoms with Crippen LogP contribution in [0.25, 0.3) is 0 Å². The summed E-state index contributed by atoms with van der Waals surface area (Å²) in [4.78, 5) is 12.0. The number of nitrogens with one attached hydrogen (secondary N) is 1. The van der Waals surface area contributed by atoms with Gasteiger partial charge in [-0.15, -0.1) is 0 Å². The van der Waals surface area contributed by atoms with Crippen molar-refractivity contribution in [1.82, 2.24) is 5.32 Å². The monoisotopic (exact) mass is 277 g/mol. The molecule has 1 fully saturated rings. The molecule has 2 atom stereocenters.